The molecule has 2 atom stereocenters. The Balaban J connectivity index is 2.06. The van der Waals surface area contributed by atoms with Gasteiger partial charge in [0.2, 0.25) is 0 Å². The highest BCUT2D eigenvalue weighted by atomic mass is 19.3. The first-order valence-electron chi connectivity index (χ1n) is 3.34. The first-order valence-corrected chi connectivity index (χ1v) is 3.34. The van der Waals surface area contributed by atoms with Gasteiger partial charge in [0.1, 0.15) is 0 Å². The molecule has 2 aliphatic rings. The zero-order valence-corrected chi connectivity index (χ0v) is 5.03. The number of rotatable bonds is 0. The first-order chi connectivity index (χ1) is 4.23. The Morgan fingerprint density at radius 1 is 1.44 bits per heavy atom. The minimum Gasteiger partial charge on any atom is -0.308 e. The van der Waals surface area contributed by atoms with Crippen molar-refractivity contribution in [3.8, 4) is 0 Å². The molecule has 1 nitrogen and oxygen atoms in total. The van der Waals surface area contributed by atoms with E-state index in [0.717, 1.165) is 13.0 Å². The summed E-state index contributed by atoms with van der Waals surface area (Å²) < 4.78 is 24.9. The average Bonchev–Trinajstić information content (AvgIpc) is 2.39. The standard InChI is InChI=1S/C6H9F2N/c7-6(8)4-2-1-3-9-5(4)6/h4-5,9H,1-3H2/t4-,5+/m1/s1. The van der Waals surface area contributed by atoms with Gasteiger partial charge in [-0.25, -0.2) is 8.78 Å². The molecule has 0 aromatic rings. The van der Waals surface area contributed by atoms with Crippen LogP contribution in [-0.2, 0) is 0 Å². The molecule has 52 valence electrons. The Morgan fingerprint density at radius 2 is 2.22 bits per heavy atom. The molecule has 3 heteroatoms. The van der Waals surface area contributed by atoms with E-state index in [1.165, 1.54) is 0 Å². The van der Waals surface area contributed by atoms with Crippen LogP contribution < -0.4 is 5.32 Å². The summed E-state index contributed by atoms with van der Waals surface area (Å²) in [4.78, 5) is 0. The molecule has 1 heterocycles. The highest BCUT2D eigenvalue weighted by molar-refractivity contribution is 5.12. The molecule has 0 amide bonds. The molecule has 1 aliphatic carbocycles. The number of piperidine rings is 1. The SMILES string of the molecule is FC1(F)[C@@H]2CCCN[C@@H]21. The van der Waals surface area contributed by atoms with Crippen LogP contribution in [0.15, 0.2) is 0 Å². The summed E-state index contributed by atoms with van der Waals surface area (Å²) in [7, 11) is 0. The van der Waals surface area contributed by atoms with Crippen molar-refractivity contribution < 1.29 is 8.78 Å². The normalized spacial score (nSPS) is 46.0. The summed E-state index contributed by atoms with van der Waals surface area (Å²) in [5, 5.41) is 2.80. The summed E-state index contributed by atoms with van der Waals surface area (Å²) >= 11 is 0. The van der Waals surface area contributed by atoms with Crippen LogP contribution >= 0.6 is 0 Å². The Kier molecular flexibility index (Phi) is 0.903. The molecule has 0 radical (unpaired) electrons. The maximum atomic E-state index is 12.4. The monoisotopic (exact) mass is 133 g/mol. The van der Waals surface area contributed by atoms with Gasteiger partial charge in [-0.05, 0) is 19.4 Å². The number of fused-ring (bicyclic) bond motifs is 1. The maximum absolute atomic E-state index is 12.4. The second-order valence-electron chi connectivity index (χ2n) is 2.86. The average molecular weight is 133 g/mol. The van der Waals surface area contributed by atoms with Gasteiger partial charge >= 0.3 is 0 Å². The zero-order valence-electron chi connectivity index (χ0n) is 5.03. The van der Waals surface area contributed by atoms with E-state index in [-0.39, 0.29) is 5.92 Å². The number of alkyl halides is 2. The molecule has 0 aromatic carbocycles. The number of nitrogens with one attached hydrogen (secondary N) is 1. The third kappa shape index (κ3) is 0.611. The van der Waals surface area contributed by atoms with Gasteiger partial charge < -0.3 is 5.32 Å². The molecule has 0 aromatic heterocycles. The van der Waals surface area contributed by atoms with Crippen LogP contribution in [0.25, 0.3) is 0 Å². The minimum atomic E-state index is -2.36. The van der Waals surface area contributed by atoms with Crippen LogP contribution in [0.5, 0.6) is 0 Å². The van der Waals surface area contributed by atoms with Gasteiger partial charge in [0.15, 0.2) is 0 Å². The molecule has 1 aliphatic heterocycles. The van der Waals surface area contributed by atoms with Crippen LogP contribution in [0.1, 0.15) is 12.8 Å². The minimum absolute atomic E-state index is 0.328. The van der Waals surface area contributed by atoms with Crippen molar-refractivity contribution in [3.05, 3.63) is 0 Å². The van der Waals surface area contributed by atoms with Gasteiger partial charge in [-0.15, -0.1) is 0 Å². The lowest BCUT2D eigenvalue weighted by molar-refractivity contribution is 0.0920. The molecule has 1 saturated carbocycles. The summed E-state index contributed by atoms with van der Waals surface area (Å²) in [6.07, 6.45) is 1.63. The fourth-order valence-electron chi connectivity index (χ4n) is 1.61. The smallest absolute Gasteiger partial charge is 0.268 e. The molecular formula is C6H9F2N. The number of halogens is 2. The second kappa shape index (κ2) is 1.45. The predicted molar refractivity (Wildman–Crippen MR) is 29.5 cm³/mol. The van der Waals surface area contributed by atoms with Crippen LogP contribution in [0, 0.1) is 5.92 Å². The van der Waals surface area contributed by atoms with E-state index in [4.69, 9.17) is 0 Å². The van der Waals surface area contributed by atoms with E-state index in [1.54, 1.807) is 0 Å². The predicted octanol–water partition coefficient (Wildman–Crippen LogP) is 1.00. The van der Waals surface area contributed by atoms with Gasteiger partial charge in [0, 0.05) is 5.92 Å². The molecule has 0 unspecified atom stereocenters. The highest BCUT2D eigenvalue weighted by Gasteiger charge is 2.68. The van der Waals surface area contributed by atoms with Crippen molar-refractivity contribution in [3.63, 3.8) is 0 Å². The van der Waals surface area contributed by atoms with E-state index in [9.17, 15) is 8.78 Å². The Labute approximate surface area is 52.4 Å². The van der Waals surface area contributed by atoms with Crippen LogP contribution in [0.4, 0.5) is 8.78 Å². The summed E-state index contributed by atoms with van der Waals surface area (Å²) in [5.74, 6) is -2.69. The van der Waals surface area contributed by atoms with Crippen molar-refractivity contribution in [1.29, 1.82) is 0 Å². The summed E-state index contributed by atoms with van der Waals surface area (Å²) in [6.45, 7) is 0.775. The number of hydrogen-bond acceptors (Lipinski definition) is 1. The Morgan fingerprint density at radius 3 is 2.67 bits per heavy atom. The Hall–Kier alpha value is -0.180. The Bertz CT molecular complexity index is 121. The molecule has 2 rings (SSSR count). The van der Waals surface area contributed by atoms with Gasteiger partial charge in [-0.3, -0.25) is 0 Å². The van der Waals surface area contributed by atoms with Gasteiger partial charge in [-0.1, -0.05) is 0 Å². The quantitative estimate of drug-likeness (QED) is 0.520. The van der Waals surface area contributed by atoms with Gasteiger partial charge in [-0.2, -0.15) is 0 Å². The molecule has 0 bridgehead atoms. The van der Waals surface area contributed by atoms with E-state index >= 15 is 0 Å². The van der Waals surface area contributed by atoms with Crippen molar-refractivity contribution in [1.82, 2.24) is 5.32 Å². The van der Waals surface area contributed by atoms with Gasteiger partial charge in [0.25, 0.3) is 5.92 Å². The van der Waals surface area contributed by atoms with Crippen molar-refractivity contribution in [2.75, 3.05) is 6.54 Å². The van der Waals surface area contributed by atoms with Crippen LogP contribution in [-0.4, -0.2) is 18.5 Å². The van der Waals surface area contributed by atoms with E-state index in [0.29, 0.717) is 6.42 Å². The lowest BCUT2D eigenvalue weighted by Gasteiger charge is -2.05. The van der Waals surface area contributed by atoms with Crippen molar-refractivity contribution >= 4 is 0 Å². The largest absolute Gasteiger partial charge is 0.308 e. The van der Waals surface area contributed by atoms with Crippen LogP contribution in [0.3, 0.4) is 0 Å². The maximum Gasteiger partial charge on any atom is 0.268 e. The van der Waals surface area contributed by atoms with E-state index in [2.05, 4.69) is 5.32 Å². The fourth-order valence-corrected chi connectivity index (χ4v) is 1.61. The second-order valence-corrected chi connectivity index (χ2v) is 2.86. The lowest BCUT2D eigenvalue weighted by atomic mass is 10.2. The molecule has 0 spiro atoms. The van der Waals surface area contributed by atoms with Gasteiger partial charge in [0.05, 0.1) is 6.04 Å². The first kappa shape index (κ1) is 5.59. The lowest BCUT2D eigenvalue weighted by Crippen LogP contribution is -2.25. The van der Waals surface area contributed by atoms with Crippen LogP contribution in [0.2, 0.25) is 0 Å². The molecular weight excluding hydrogens is 124 g/mol. The molecule has 2 fully saturated rings. The zero-order chi connectivity index (χ0) is 6.48. The molecule has 1 saturated heterocycles. The van der Waals surface area contributed by atoms with Crippen molar-refractivity contribution in [2.45, 2.75) is 24.8 Å². The molecule has 9 heavy (non-hydrogen) atoms. The topological polar surface area (TPSA) is 12.0 Å². The fraction of sp³-hybridized carbons (Fsp3) is 1.00. The highest BCUT2D eigenvalue weighted by Crippen LogP contribution is 2.52. The third-order valence-corrected chi connectivity index (χ3v) is 2.26. The van der Waals surface area contributed by atoms with E-state index in [1.807, 2.05) is 0 Å². The summed E-state index contributed by atoms with van der Waals surface area (Å²) in [5.41, 5.74) is 0. The number of hydrogen-bond donors (Lipinski definition) is 1. The molecule has 1 N–H and O–H groups in total. The van der Waals surface area contributed by atoms with E-state index < -0.39 is 12.0 Å². The summed E-state index contributed by atoms with van der Waals surface area (Å²) in [6, 6.07) is -0.466. The van der Waals surface area contributed by atoms with Crippen molar-refractivity contribution in [2.24, 2.45) is 5.92 Å². The third-order valence-electron chi connectivity index (χ3n) is 2.26.